The number of nitrogens with one attached hydrogen (secondary N) is 1. The molecule has 1 fully saturated rings. The minimum absolute atomic E-state index is 0.105. The Kier molecular flexibility index (Phi) is 6.52. The molecule has 3 atom stereocenters. The van der Waals surface area contributed by atoms with E-state index in [0.29, 0.717) is 4.90 Å². The van der Waals surface area contributed by atoms with Crippen LogP contribution in [0.2, 0.25) is 0 Å². The second-order valence-electron chi connectivity index (χ2n) is 8.82. The lowest BCUT2D eigenvalue weighted by molar-refractivity contribution is -0.152. The fourth-order valence-electron chi connectivity index (χ4n) is 4.71. The highest BCUT2D eigenvalue weighted by Crippen LogP contribution is 2.30. The predicted octanol–water partition coefficient (Wildman–Crippen LogP) is 4.68. The van der Waals surface area contributed by atoms with Crippen molar-refractivity contribution in [3.05, 3.63) is 108 Å². The third kappa shape index (κ3) is 4.48. The summed E-state index contributed by atoms with van der Waals surface area (Å²) >= 11 is 0. The average Bonchev–Trinajstić information content (AvgIpc) is 3.36. The summed E-state index contributed by atoms with van der Waals surface area (Å²) in [4.78, 5) is 43.5. The number of carbonyl (C=O) groups is 3. The zero-order chi connectivity index (χ0) is 26.1. The fourth-order valence-corrected chi connectivity index (χ4v) is 4.71. The molecule has 0 radical (unpaired) electrons. The summed E-state index contributed by atoms with van der Waals surface area (Å²) in [6, 6.07) is 19.9. The number of nitrogens with zero attached hydrogens (tertiary/aromatic N) is 2. The van der Waals surface area contributed by atoms with E-state index in [-0.39, 0.29) is 28.5 Å². The first-order valence-corrected chi connectivity index (χ1v) is 11.7. The molecule has 1 aromatic heterocycles. The molecule has 0 saturated carbocycles. The molecule has 37 heavy (non-hydrogen) atoms. The van der Waals surface area contributed by atoms with Crippen LogP contribution in [-0.4, -0.2) is 57.6 Å². The van der Waals surface area contributed by atoms with Crippen molar-refractivity contribution < 1.29 is 27.6 Å². The highest BCUT2D eigenvalue weighted by atomic mass is 19.2. The summed E-state index contributed by atoms with van der Waals surface area (Å²) in [7, 11) is 0. The molecule has 0 aliphatic carbocycles. The van der Waals surface area contributed by atoms with E-state index in [4.69, 9.17) is 0 Å². The molecule has 2 amide bonds. The standard InChI is InChI=1S/C28H22F3N3O3/c29-21-12-7-13-22-23(21)20(15-32-22)24(35)28(37)33-16-19(14-17-8-3-1-4-9-17)34(26(31)25(33)30)27(36)18-10-5-2-6-11-18/h1-13,15,19,25-26,32H,14,16H2/t19-,25?,26?/m0/s1. The van der Waals surface area contributed by atoms with Crippen LogP contribution in [0, 0.1) is 5.82 Å². The lowest BCUT2D eigenvalue weighted by Gasteiger charge is -2.45. The SMILES string of the molecule is O=C(C(=O)N1C[C@H](Cc2ccccc2)N(C(=O)c2ccccc2)C(F)C1F)c1c[nH]c2cccc(F)c12. The van der Waals surface area contributed by atoms with Gasteiger partial charge in [-0.1, -0.05) is 54.6 Å². The van der Waals surface area contributed by atoms with Crippen LogP contribution >= 0.6 is 0 Å². The second kappa shape index (κ2) is 9.93. The predicted molar refractivity (Wildman–Crippen MR) is 131 cm³/mol. The van der Waals surface area contributed by atoms with E-state index in [0.717, 1.165) is 16.5 Å². The third-order valence-electron chi connectivity index (χ3n) is 6.52. The molecule has 2 heterocycles. The Morgan fingerprint density at radius 2 is 1.54 bits per heavy atom. The highest BCUT2D eigenvalue weighted by Gasteiger charge is 2.48. The summed E-state index contributed by atoms with van der Waals surface area (Å²) in [5, 5.41) is -0.105. The number of alkyl halides is 2. The van der Waals surface area contributed by atoms with Crippen molar-refractivity contribution in [3.8, 4) is 0 Å². The van der Waals surface area contributed by atoms with Gasteiger partial charge in [0.15, 0.2) is 0 Å². The van der Waals surface area contributed by atoms with Crippen LogP contribution < -0.4 is 0 Å². The number of H-pyrrole nitrogens is 1. The van der Waals surface area contributed by atoms with Gasteiger partial charge in [-0.15, -0.1) is 0 Å². The second-order valence-corrected chi connectivity index (χ2v) is 8.82. The number of Topliss-reactive ketones (excluding diaryl/α,β-unsaturated/α-hetero) is 1. The Balaban J connectivity index is 1.48. The van der Waals surface area contributed by atoms with Gasteiger partial charge in [0.25, 0.3) is 17.6 Å². The minimum Gasteiger partial charge on any atom is -0.360 e. The Morgan fingerprint density at radius 3 is 2.24 bits per heavy atom. The van der Waals surface area contributed by atoms with E-state index in [1.807, 2.05) is 0 Å². The van der Waals surface area contributed by atoms with Crippen molar-refractivity contribution in [2.75, 3.05) is 6.54 Å². The van der Waals surface area contributed by atoms with Gasteiger partial charge in [0, 0.05) is 29.2 Å². The molecule has 3 aromatic carbocycles. The van der Waals surface area contributed by atoms with Crippen LogP contribution in [0.5, 0.6) is 0 Å². The number of piperazine rings is 1. The van der Waals surface area contributed by atoms with E-state index < -0.39 is 48.6 Å². The summed E-state index contributed by atoms with van der Waals surface area (Å²) < 4.78 is 45.5. The lowest BCUT2D eigenvalue weighted by atomic mass is 9.99. The topological polar surface area (TPSA) is 73.5 Å². The van der Waals surface area contributed by atoms with E-state index in [9.17, 15) is 18.8 Å². The third-order valence-corrected chi connectivity index (χ3v) is 6.52. The minimum atomic E-state index is -2.59. The van der Waals surface area contributed by atoms with Gasteiger partial charge in [-0.05, 0) is 36.2 Å². The molecule has 0 bridgehead atoms. The van der Waals surface area contributed by atoms with Crippen LogP contribution in [-0.2, 0) is 11.2 Å². The van der Waals surface area contributed by atoms with Crippen molar-refractivity contribution in [2.24, 2.45) is 0 Å². The largest absolute Gasteiger partial charge is 0.360 e. The first-order valence-electron chi connectivity index (χ1n) is 11.7. The summed E-state index contributed by atoms with van der Waals surface area (Å²) in [5.41, 5.74) is 0.917. The highest BCUT2D eigenvalue weighted by molar-refractivity contribution is 6.45. The van der Waals surface area contributed by atoms with E-state index in [1.54, 1.807) is 48.5 Å². The Bertz CT molecular complexity index is 1460. The number of aromatic nitrogens is 1. The van der Waals surface area contributed by atoms with Crippen LogP contribution in [0.1, 0.15) is 26.3 Å². The zero-order valence-corrected chi connectivity index (χ0v) is 19.5. The molecule has 188 valence electrons. The van der Waals surface area contributed by atoms with Gasteiger partial charge >= 0.3 is 0 Å². The van der Waals surface area contributed by atoms with E-state index in [2.05, 4.69) is 4.98 Å². The normalized spacial score (nSPS) is 19.7. The average molecular weight is 505 g/mol. The molecule has 2 unspecified atom stereocenters. The fraction of sp³-hybridized carbons (Fsp3) is 0.179. The van der Waals surface area contributed by atoms with Gasteiger partial charge < -0.3 is 4.98 Å². The number of benzene rings is 3. The molecule has 1 aliphatic rings. The molecule has 0 spiro atoms. The maximum atomic E-state index is 15.6. The number of aromatic amines is 1. The first-order chi connectivity index (χ1) is 17.9. The van der Waals surface area contributed by atoms with Crippen LogP contribution in [0.15, 0.2) is 85.1 Å². The maximum absolute atomic E-state index is 15.6. The zero-order valence-electron chi connectivity index (χ0n) is 19.5. The first kappa shape index (κ1) is 24.3. The molecule has 1 saturated heterocycles. The number of fused-ring (bicyclic) bond motifs is 1. The molecule has 4 aromatic rings. The molecule has 9 heteroatoms. The number of carbonyl (C=O) groups excluding carboxylic acids is 3. The van der Waals surface area contributed by atoms with E-state index >= 15 is 8.78 Å². The molecule has 1 N–H and O–H groups in total. The number of amides is 2. The Hall–Kier alpha value is -4.40. The van der Waals surface area contributed by atoms with Gasteiger partial charge in [0.1, 0.15) is 5.82 Å². The maximum Gasteiger partial charge on any atom is 0.297 e. The van der Waals surface area contributed by atoms with Crippen molar-refractivity contribution in [3.63, 3.8) is 0 Å². The van der Waals surface area contributed by atoms with Crippen LogP contribution in [0.3, 0.4) is 0 Å². The van der Waals surface area contributed by atoms with Crippen LogP contribution in [0.25, 0.3) is 10.9 Å². The number of hydrogen-bond acceptors (Lipinski definition) is 3. The Labute approximate surface area is 210 Å². The summed E-state index contributed by atoms with van der Waals surface area (Å²) in [6.07, 6.45) is -3.82. The molecule has 5 rings (SSSR count). The molecule has 6 nitrogen and oxygen atoms in total. The van der Waals surface area contributed by atoms with Gasteiger partial charge in [-0.2, -0.15) is 0 Å². The van der Waals surface area contributed by atoms with Crippen LogP contribution in [0.4, 0.5) is 13.2 Å². The van der Waals surface area contributed by atoms with Crippen molar-refractivity contribution in [2.45, 2.75) is 25.1 Å². The Morgan fingerprint density at radius 1 is 0.865 bits per heavy atom. The van der Waals surface area contributed by atoms with Gasteiger partial charge in [0.2, 0.25) is 12.6 Å². The number of rotatable bonds is 5. The quantitative estimate of drug-likeness (QED) is 0.243. The smallest absolute Gasteiger partial charge is 0.297 e. The van der Waals surface area contributed by atoms with Crippen molar-refractivity contribution >= 4 is 28.5 Å². The van der Waals surface area contributed by atoms with Gasteiger partial charge in [-0.25, -0.2) is 13.2 Å². The number of hydrogen-bond donors (Lipinski definition) is 1. The molecular weight excluding hydrogens is 483 g/mol. The lowest BCUT2D eigenvalue weighted by Crippen LogP contribution is -2.65. The van der Waals surface area contributed by atoms with E-state index in [1.165, 1.54) is 30.5 Å². The van der Waals surface area contributed by atoms with Gasteiger partial charge in [0.05, 0.1) is 11.6 Å². The van der Waals surface area contributed by atoms with Crippen molar-refractivity contribution in [1.82, 2.24) is 14.8 Å². The monoisotopic (exact) mass is 505 g/mol. The summed E-state index contributed by atoms with van der Waals surface area (Å²) in [5.74, 6) is -3.94. The summed E-state index contributed by atoms with van der Waals surface area (Å²) in [6.45, 7) is -0.426. The molecular formula is C28H22F3N3O3. The number of halogens is 3. The van der Waals surface area contributed by atoms with Gasteiger partial charge in [-0.3, -0.25) is 24.2 Å². The number of ketones is 1. The van der Waals surface area contributed by atoms with Crippen molar-refractivity contribution in [1.29, 1.82) is 0 Å². The molecule has 1 aliphatic heterocycles.